The van der Waals surface area contributed by atoms with Gasteiger partial charge in [0.15, 0.2) is 11.5 Å². The molecule has 0 aromatic carbocycles. The molecule has 0 spiro atoms. The van der Waals surface area contributed by atoms with Crippen LogP contribution in [0.2, 0.25) is 0 Å². The van der Waals surface area contributed by atoms with E-state index in [-0.39, 0.29) is 5.65 Å². The van der Waals surface area contributed by atoms with Crippen molar-refractivity contribution in [2.75, 3.05) is 11.9 Å². The quantitative estimate of drug-likeness (QED) is 0.736. The SMILES string of the molecule is Cc1c(N(C)Cc2ccncc2)nn2c(C(F)(F)F)nnc2c1C. The molecule has 9 heteroatoms. The first-order chi connectivity index (χ1) is 11.3. The number of anilines is 1. The zero-order valence-electron chi connectivity index (χ0n) is 13.3. The van der Waals surface area contributed by atoms with Gasteiger partial charge in [0.05, 0.1) is 0 Å². The Morgan fingerprint density at radius 3 is 2.38 bits per heavy atom. The largest absolute Gasteiger partial charge is 0.453 e. The van der Waals surface area contributed by atoms with Crippen LogP contribution in [0.3, 0.4) is 0 Å². The number of rotatable bonds is 3. The van der Waals surface area contributed by atoms with Gasteiger partial charge < -0.3 is 4.90 Å². The lowest BCUT2D eigenvalue weighted by molar-refractivity contribution is -0.146. The maximum Gasteiger partial charge on any atom is 0.453 e. The summed E-state index contributed by atoms with van der Waals surface area (Å²) in [7, 11) is 1.78. The van der Waals surface area contributed by atoms with Crippen LogP contribution in [-0.2, 0) is 12.7 Å². The summed E-state index contributed by atoms with van der Waals surface area (Å²) in [6.45, 7) is 4.01. The highest BCUT2D eigenvalue weighted by Crippen LogP contribution is 2.30. The molecular weight excluding hydrogens is 321 g/mol. The number of aryl methyl sites for hydroxylation is 1. The van der Waals surface area contributed by atoms with Crippen LogP contribution in [0.15, 0.2) is 24.5 Å². The molecule has 0 saturated carbocycles. The topological polar surface area (TPSA) is 59.2 Å². The Morgan fingerprint density at radius 1 is 1.08 bits per heavy atom. The Balaban J connectivity index is 2.09. The average Bonchev–Trinajstić information content (AvgIpc) is 2.96. The molecule has 0 fully saturated rings. The maximum absolute atomic E-state index is 13.1. The van der Waals surface area contributed by atoms with Crippen molar-refractivity contribution in [1.29, 1.82) is 0 Å². The second-order valence-corrected chi connectivity index (χ2v) is 5.54. The van der Waals surface area contributed by atoms with E-state index >= 15 is 0 Å². The van der Waals surface area contributed by atoms with E-state index < -0.39 is 12.0 Å². The van der Waals surface area contributed by atoms with Crippen LogP contribution in [0, 0.1) is 13.8 Å². The smallest absolute Gasteiger partial charge is 0.354 e. The van der Waals surface area contributed by atoms with E-state index in [2.05, 4.69) is 20.3 Å². The number of hydrogen-bond donors (Lipinski definition) is 0. The van der Waals surface area contributed by atoms with Crippen LogP contribution >= 0.6 is 0 Å². The van der Waals surface area contributed by atoms with Crippen molar-refractivity contribution in [3.8, 4) is 0 Å². The van der Waals surface area contributed by atoms with Crippen LogP contribution in [0.1, 0.15) is 22.5 Å². The summed E-state index contributed by atoms with van der Waals surface area (Å²) in [5.74, 6) is -0.679. The maximum atomic E-state index is 13.1. The Bertz CT molecular complexity index is 872. The molecule has 126 valence electrons. The molecule has 3 heterocycles. The summed E-state index contributed by atoms with van der Waals surface area (Å²) in [6, 6.07) is 3.69. The van der Waals surface area contributed by atoms with E-state index in [4.69, 9.17) is 0 Å². The van der Waals surface area contributed by atoms with Crippen molar-refractivity contribution in [3.05, 3.63) is 47.0 Å². The highest BCUT2D eigenvalue weighted by Gasteiger charge is 2.38. The first-order valence-electron chi connectivity index (χ1n) is 7.19. The minimum Gasteiger partial charge on any atom is -0.354 e. The minimum atomic E-state index is -4.62. The first kappa shape index (κ1) is 16.2. The summed E-state index contributed by atoms with van der Waals surface area (Å²) in [6.07, 6.45) is -1.28. The molecule has 0 bridgehead atoms. The third kappa shape index (κ3) is 2.77. The molecule has 0 unspecified atom stereocenters. The van der Waals surface area contributed by atoms with E-state index in [1.54, 1.807) is 31.3 Å². The zero-order chi connectivity index (χ0) is 17.5. The van der Waals surface area contributed by atoms with Crippen LogP contribution in [0.25, 0.3) is 5.65 Å². The fourth-order valence-corrected chi connectivity index (χ4v) is 2.49. The lowest BCUT2D eigenvalue weighted by Gasteiger charge is -2.21. The Hall–Kier alpha value is -2.71. The standard InChI is InChI=1S/C15H15F3N6/c1-9-10(2)13(23(3)8-11-4-6-19-7-5-11)22-24-12(9)20-21-14(24)15(16,17)18/h4-7H,8H2,1-3H3. The molecule has 3 aromatic heterocycles. The summed E-state index contributed by atoms with van der Waals surface area (Å²) in [5.41, 5.74) is 2.47. The second kappa shape index (κ2) is 5.73. The average molecular weight is 336 g/mol. The molecule has 6 nitrogen and oxygen atoms in total. The van der Waals surface area contributed by atoms with Crippen molar-refractivity contribution >= 4 is 11.5 Å². The molecular formula is C15H15F3N6. The molecule has 0 aliphatic rings. The van der Waals surface area contributed by atoms with Gasteiger partial charge in [-0.25, -0.2) is 0 Å². The molecule has 0 saturated heterocycles. The van der Waals surface area contributed by atoms with Crippen LogP contribution < -0.4 is 4.90 Å². The highest BCUT2D eigenvalue weighted by atomic mass is 19.4. The van der Waals surface area contributed by atoms with E-state index in [0.29, 0.717) is 17.9 Å². The highest BCUT2D eigenvalue weighted by molar-refractivity contribution is 5.59. The van der Waals surface area contributed by atoms with Gasteiger partial charge in [-0.3, -0.25) is 4.98 Å². The molecule has 0 amide bonds. The van der Waals surface area contributed by atoms with Gasteiger partial charge in [0.2, 0.25) is 0 Å². The third-order valence-corrected chi connectivity index (χ3v) is 3.85. The van der Waals surface area contributed by atoms with Crippen molar-refractivity contribution < 1.29 is 13.2 Å². The Labute approximate surface area is 136 Å². The van der Waals surface area contributed by atoms with Gasteiger partial charge in [-0.05, 0) is 31.5 Å². The number of fused-ring (bicyclic) bond motifs is 1. The van der Waals surface area contributed by atoms with Crippen molar-refractivity contribution in [3.63, 3.8) is 0 Å². The zero-order valence-corrected chi connectivity index (χ0v) is 13.3. The van der Waals surface area contributed by atoms with Crippen LogP contribution in [0.4, 0.5) is 19.0 Å². The number of aromatic nitrogens is 5. The monoisotopic (exact) mass is 336 g/mol. The number of nitrogens with zero attached hydrogens (tertiary/aromatic N) is 6. The lowest BCUT2D eigenvalue weighted by atomic mass is 10.1. The molecule has 0 aliphatic heterocycles. The van der Waals surface area contributed by atoms with Gasteiger partial charge in [-0.1, -0.05) is 0 Å². The Kier molecular flexibility index (Phi) is 3.86. The molecule has 0 aliphatic carbocycles. The van der Waals surface area contributed by atoms with Gasteiger partial charge in [0.1, 0.15) is 0 Å². The fraction of sp³-hybridized carbons (Fsp3) is 0.333. The van der Waals surface area contributed by atoms with Crippen molar-refractivity contribution in [2.45, 2.75) is 26.6 Å². The first-order valence-corrected chi connectivity index (χ1v) is 7.19. The van der Waals surface area contributed by atoms with Gasteiger partial charge in [0.25, 0.3) is 5.82 Å². The number of hydrogen-bond acceptors (Lipinski definition) is 5. The number of pyridine rings is 1. The number of halogens is 3. The van der Waals surface area contributed by atoms with Crippen LogP contribution in [-0.4, -0.2) is 31.8 Å². The molecule has 3 aromatic rings. The number of alkyl halides is 3. The normalized spacial score (nSPS) is 11.9. The van der Waals surface area contributed by atoms with E-state index in [1.165, 1.54) is 0 Å². The van der Waals surface area contributed by atoms with Gasteiger partial charge in [-0.2, -0.15) is 17.7 Å². The third-order valence-electron chi connectivity index (χ3n) is 3.85. The summed E-state index contributed by atoms with van der Waals surface area (Å²) in [4.78, 5) is 5.74. The summed E-state index contributed by atoms with van der Waals surface area (Å²) in [5, 5.41) is 11.0. The minimum absolute atomic E-state index is 0.112. The van der Waals surface area contributed by atoms with Crippen molar-refractivity contribution in [2.24, 2.45) is 0 Å². The van der Waals surface area contributed by atoms with E-state index in [9.17, 15) is 13.2 Å². The van der Waals surface area contributed by atoms with Gasteiger partial charge in [-0.15, -0.1) is 15.3 Å². The molecule has 0 radical (unpaired) electrons. The van der Waals surface area contributed by atoms with E-state index in [1.807, 2.05) is 19.1 Å². The predicted octanol–water partition coefficient (Wildman–Crippen LogP) is 2.79. The summed E-state index contributed by atoms with van der Waals surface area (Å²) < 4.78 is 40.0. The molecule has 24 heavy (non-hydrogen) atoms. The van der Waals surface area contributed by atoms with E-state index in [0.717, 1.165) is 15.6 Å². The molecule has 0 atom stereocenters. The Morgan fingerprint density at radius 2 is 1.75 bits per heavy atom. The fourth-order valence-electron chi connectivity index (χ4n) is 2.49. The van der Waals surface area contributed by atoms with Gasteiger partial charge >= 0.3 is 6.18 Å². The lowest BCUT2D eigenvalue weighted by Crippen LogP contribution is -2.22. The predicted molar refractivity (Wildman–Crippen MR) is 81.6 cm³/mol. The molecule has 3 rings (SSSR count). The molecule has 0 N–H and O–H groups in total. The second-order valence-electron chi connectivity index (χ2n) is 5.54. The van der Waals surface area contributed by atoms with Crippen LogP contribution in [0.5, 0.6) is 0 Å². The summed E-state index contributed by atoms with van der Waals surface area (Å²) >= 11 is 0. The van der Waals surface area contributed by atoms with Gasteiger partial charge in [0, 0.05) is 37.1 Å². The van der Waals surface area contributed by atoms with Crippen molar-refractivity contribution in [1.82, 2.24) is 24.8 Å².